The Morgan fingerprint density at radius 2 is 2.06 bits per heavy atom. The SMILES string of the molecule is CCOC(=O)C(=O)c1cc(F)ccc1OC. The van der Waals surface area contributed by atoms with E-state index < -0.39 is 17.6 Å². The molecule has 86 valence electrons. The van der Waals surface area contributed by atoms with E-state index >= 15 is 0 Å². The molecule has 16 heavy (non-hydrogen) atoms. The van der Waals surface area contributed by atoms with E-state index in [-0.39, 0.29) is 17.9 Å². The smallest absolute Gasteiger partial charge is 0.379 e. The molecule has 0 amide bonds. The van der Waals surface area contributed by atoms with Crippen molar-refractivity contribution >= 4 is 11.8 Å². The molecule has 0 heterocycles. The van der Waals surface area contributed by atoms with Gasteiger partial charge in [0.2, 0.25) is 0 Å². The van der Waals surface area contributed by atoms with Crippen LogP contribution in [0.5, 0.6) is 5.75 Å². The van der Waals surface area contributed by atoms with Gasteiger partial charge in [-0.25, -0.2) is 9.18 Å². The fourth-order valence-corrected chi connectivity index (χ4v) is 1.16. The summed E-state index contributed by atoms with van der Waals surface area (Å²) in [6.07, 6.45) is 0. The molecule has 0 aliphatic carbocycles. The lowest BCUT2D eigenvalue weighted by Crippen LogP contribution is -2.18. The summed E-state index contributed by atoms with van der Waals surface area (Å²) in [5.74, 6) is -2.42. The minimum atomic E-state index is -1.02. The average Bonchev–Trinajstić information content (AvgIpc) is 2.28. The molecule has 0 fully saturated rings. The van der Waals surface area contributed by atoms with Gasteiger partial charge in [-0.1, -0.05) is 0 Å². The van der Waals surface area contributed by atoms with Crippen molar-refractivity contribution < 1.29 is 23.5 Å². The molecule has 0 atom stereocenters. The number of methoxy groups -OCH3 is 1. The molecular formula is C11H11FO4. The monoisotopic (exact) mass is 226 g/mol. The molecule has 0 spiro atoms. The van der Waals surface area contributed by atoms with Crippen LogP contribution in [0.3, 0.4) is 0 Å². The molecule has 0 saturated heterocycles. The van der Waals surface area contributed by atoms with Crippen LogP contribution in [0.2, 0.25) is 0 Å². The highest BCUT2D eigenvalue weighted by Gasteiger charge is 2.21. The van der Waals surface area contributed by atoms with E-state index in [1.54, 1.807) is 6.92 Å². The van der Waals surface area contributed by atoms with Gasteiger partial charge in [-0.3, -0.25) is 4.79 Å². The second-order valence-corrected chi connectivity index (χ2v) is 2.89. The number of carbonyl (C=O) groups excluding carboxylic acids is 2. The van der Waals surface area contributed by atoms with Gasteiger partial charge in [0, 0.05) is 0 Å². The van der Waals surface area contributed by atoms with Crippen molar-refractivity contribution in [2.45, 2.75) is 6.92 Å². The van der Waals surface area contributed by atoms with Gasteiger partial charge in [-0.2, -0.15) is 0 Å². The first-order valence-corrected chi connectivity index (χ1v) is 4.65. The summed E-state index contributed by atoms with van der Waals surface area (Å²) in [5, 5.41) is 0. The van der Waals surface area contributed by atoms with Crippen LogP contribution < -0.4 is 4.74 Å². The number of hydrogen-bond donors (Lipinski definition) is 0. The summed E-state index contributed by atoms with van der Waals surface area (Å²) >= 11 is 0. The number of hydrogen-bond acceptors (Lipinski definition) is 4. The van der Waals surface area contributed by atoms with E-state index in [2.05, 4.69) is 4.74 Å². The topological polar surface area (TPSA) is 52.6 Å². The normalized spacial score (nSPS) is 9.69. The molecule has 0 unspecified atom stereocenters. The first kappa shape index (κ1) is 12.2. The van der Waals surface area contributed by atoms with E-state index in [0.29, 0.717) is 0 Å². The number of carbonyl (C=O) groups is 2. The fourth-order valence-electron chi connectivity index (χ4n) is 1.16. The van der Waals surface area contributed by atoms with Crippen LogP contribution in [0.15, 0.2) is 18.2 Å². The molecule has 0 aromatic heterocycles. The molecular weight excluding hydrogens is 215 g/mol. The summed E-state index contributed by atoms with van der Waals surface area (Å²) in [4.78, 5) is 22.7. The lowest BCUT2D eigenvalue weighted by molar-refractivity contribution is -0.137. The zero-order chi connectivity index (χ0) is 12.1. The van der Waals surface area contributed by atoms with Gasteiger partial charge in [0.15, 0.2) is 0 Å². The minimum Gasteiger partial charge on any atom is -0.496 e. The summed E-state index contributed by atoms with van der Waals surface area (Å²) in [6, 6.07) is 3.36. The van der Waals surface area contributed by atoms with Crippen molar-refractivity contribution in [1.29, 1.82) is 0 Å². The quantitative estimate of drug-likeness (QED) is 0.444. The molecule has 0 bridgehead atoms. The second-order valence-electron chi connectivity index (χ2n) is 2.89. The Bertz CT molecular complexity index is 414. The predicted molar refractivity (Wildman–Crippen MR) is 53.9 cm³/mol. The maximum Gasteiger partial charge on any atom is 0.379 e. The zero-order valence-corrected chi connectivity index (χ0v) is 8.95. The third kappa shape index (κ3) is 2.56. The number of Topliss-reactive ketones (excluding diaryl/α,β-unsaturated/α-hetero) is 1. The largest absolute Gasteiger partial charge is 0.496 e. The molecule has 0 saturated carbocycles. The zero-order valence-electron chi connectivity index (χ0n) is 8.95. The molecule has 1 rings (SSSR count). The van der Waals surface area contributed by atoms with Gasteiger partial charge in [0.25, 0.3) is 5.78 Å². The van der Waals surface area contributed by atoms with Crippen LogP contribution in [-0.4, -0.2) is 25.5 Å². The Kier molecular flexibility index (Phi) is 3.99. The third-order valence-electron chi connectivity index (χ3n) is 1.87. The lowest BCUT2D eigenvalue weighted by Gasteiger charge is -2.06. The number of esters is 1. The van der Waals surface area contributed by atoms with Crippen LogP contribution in [0.4, 0.5) is 4.39 Å². The molecule has 1 aromatic carbocycles. The Labute approximate surface area is 92.0 Å². The van der Waals surface area contributed by atoms with E-state index in [0.717, 1.165) is 12.1 Å². The maximum atomic E-state index is 12.9. The van der Waals surface area contributed by atoms with Gasteiger partial charge >= 0.3 is 5.97 Å². The van der Waals surface area contributed by atoms with Gasteiger partial charge in [-0.15, -0.1) is 0 Å². The third-order valence-corrected chi connectivity index (χ3v) is 1.87. The summed E-state index contributed by atoms with van der Waals surface area (Å²) < 4.78 is 22.3. The van der Waals surface area contributed by atoms with Crippen molar-refractivity contribution in [2.75, 3.05) is 13.7 Å². The maximum absolute atomic E-state index is 12.9. The highest BCUT2D eigenvalue weighted by molar-refractivity contribution is 6.41. The first-order chi connectivity index (χ1) is 7.60. The molecule has 0 radical (unpaired) electrons. The van der Waals surface area contributed by atoms with Crippen LogP contribution in [0.1, 0.15) is 17.3 Å². The van der Waals surface area contributed by atoms with Gasteiger partial charge in [-0.05, 0) is 25.1 Å². The lowest BCUT2D eigenvalue weighted by atomic mass is 10.1. The summed E-state index contributed by atoms with van der Waals surface area (Å²) in [7, 11) is 1.33. The summed E-state index contributed by atoms with van der Waals surface area (Å²) in [5.41, 5.74) is -0.138. The van der Waals surface area contributed by atoms with E-state index in [4.69, 9.17) is 4.74 Å². The Morgan fingerprint density at radius 3 is 2.62 bits per heavy atom. The number of rotatable bonds is 4. The number of ketones is 1. The van der Waals surface area contributed by atoms with Gasteiger partial charge in [0.1, 0.15) is 11.6 Å². The summed E-state index contributed by atoms with van der Waals surface area (Å²) in [6.45, 7) is 1.66. The Morgan fingerprint density at radius 1 is 1.38 bits per heavy atom. The van der Waals surface area contributed by atoms with E-state index in [9.17, 15) is 14.0 Å². The number of benzene rings is 1. The van der Waals surface area contributed by atoms with Gasteiger partial charge < -0.3 is 9.47 Å². The van der Waals surface area contributed by atoms with Crippen molar-refractivity contribution in [1.82, 2.24) is 0 Å². The average molecular weight is 226 g/mol. The molecule has 1 aromatic rings. The highest BCUT2D eigenvalue weighted by Crippen LogP contribution is 2.20. The molecule has 0 N–H and O–H groups in total. The standard InChI is InChI=1S/C11H11FO4/c1-3-16-11(14)10(13)8-6-7(12)4-5-9(8)15-2/h4-6H,3H2,1-2H3. The van der Waals surface area contributed by atoms with E-state index in [1.165, 1.54) is 13.2 Å². The Balaban J connectivity index is 3.06. The van der Waals surface area contributed by atoms with E-state index in [1.807, 2.05) is 0 Å². The molecule has 0 aliphatic rings. The van der Waals surface area contributed by atoms with Crippen LogP contribution >= 0.6 is 0 Å². The highest BCUT2D eigenvalue weighted by atomic mass is 19.1. The first-order valence-electron chi connectivity index (χ1n) is 4.65. The molecule has 0 aliphatic heterocycles. The predicted octanol–water partition coefficient (Wildman–Crippen LogP) is 1.58. The van der Waals surface area contributed by atoms with Crippen LogP contribution in [-0.2, 0) is 9.53 Å². The molecule has 5 heteroatoms. The fraction of sp³-hybridized carbons (Fsp3) is 0.273. The molecule has 4 nitrogen and oxygen atoms in total. The van der Waals surface area contributed by atoms with Crippen molar-refractivity contribution in [3.63, 3.8) is 0 Å². The van der Waals surface area contributed by atoms with Gasteiger partial charge in [0.05, 0.1) is 19.3 Å². The Hall–Kier alpha value is -1.91. The minimum absolute atomic E-state index is 0.0855. The number of ether oxygens (including phenoxy) is 2. The van der Waals surface area contributed by atoms with Crippen LogP contribution in [0, 0.1) is 5.82 Å². The second kappa shape index (κ2) is 5.25. The van der Waals surface area contributed by atoms with Crippen molar-refractivity contribution in [2.24, 2.45) is 0 Å². The number of halogens is 1. The van der Waals surface area contributed by atoms with Crippen LogP contribution in [0.25, 0.3) is 0 Å². The van der Waals surface area contributed by atoms with Crippen molar-refractivity contribution in [3.8, 4) is 5.75 Å². The van der Waals surface area contributed by atoms with Crippen molar-refractivity contribution in [3.05, 3.63) is 29.6 Å².